The minimum Gasteiger partial charge on any atom is -0.477 e. The van der Waals surface area contributed by atoms with Gasteiger partial charge in [-0.25, -0.2) is 24.4 Å². The highest BCUT2D eigenvalue weighted by molar-refractivity contribution is 6.31. The Balaban J connectivity index is 0.000000212. The summed E-state index contributed by atoms with van der Waals surface area (Å²) in [4.78, 5) is 95.0. The average molecular weight is 1030 g/mol. The van der Waals surface area contributed by atoms with Crippen molar-refractivity contribution in [2.24, 2.45) is 0 Å². The van der Waals surface area contributed by atoms with E-state index >= 15 is 0 Å². The Morgan fingerprint density at radius 3 is 1.49 bits per heavy atom. The van der Waals surface area contributed by atoms with Crippen molar-refractivity contribution < 1.29 is 33.8 Å². The van der Waals surface area contributed by atoms with E-state index in [0.29, 0.717) is 65.7 Å². The molecule has 2 atom stereocenters. The Bertz CT molecular complexity index is 3110. The van der Waals surface area contributed by atoms with E-state index in [4.69, 9.17) is 37.7 Å². The van der Waals surface area contributed by atoms with Gasteiger partial charge in [-0.3, -0.25) is 14.4 Å². The quantitative estimate of drug-likeness (QED) is 0.0910. The van der Waals surface area contributed by atoms with Gasteiger partial charge in [0.25, 0.3) is 17.0 Å². The second-order valence-electron chi connectivity index (χ2n) is 20.0. The molecule has 4 aromatic heterocycles. The predicted octanol–water partition coefficient (Wildman–Crippen LogP) is 7.24. The number of benzene rings is 2. The van der Waals surface area contributed by atoms with E-state index < -0.39 is 40.5 Å². The summed E-state index contributed by atoms with van der Waals surface area (Å²) < 4.78 is 14.4. The lowest BCUT2D eigenvalue weighted by Gasteiger charge is -2.34. The number of pyridine rings is 2. The number of rotatable bonds is 10. The largest absolute Gasteiger partial charge is 0.477 e. The van der Waals surface area contributed by atoms with Gasteiger partial charge in [-0.1, -0.05) is 59.6 Å². The van der Waals surface area contributed by atoms with Crippen molar-refractivity contribution in [3.63, 3.8) is 0 Å². The third kappa shape index (κ3) is 12.9. The first-order valence-electron chi connectivity index (χ1n) is 23.6. The summed E-state index contributed by atoms with van der Waals surface area (Å²) >= 11 is 12.9. The number of carbonyl (C=O) groups is 4. The number of aromatic amines is 2. The van der Waals surface area contributed by atoms with Crippen LogP contribution in [0.4, 0.5) is 21.5 Å². The highest BCUT2D eigenvalue weighted by Crippen LogP contribution is 2.29. The number of amides is 3. The summed E-state index contributed by atoms with van der Waals surface area (Å²) in [6.45, 7) is 13.8. The standard InChI is InChI=1S/C26H33ClN6O4.C24H28ClN5O5/c1-26(2,3)37-25(36)28-17-10-8-12-32(15-17)24-30-19-13-20(23(35)31(4)5)29-22(34)21(19)33(24)14-16-9-6-7-11-18(16)27;1-24(2,3)35-23(34)26-15-8-6-10-29(13-15)22-28-17-11-18(21(32)33)27-20(31)19(17)30(22)12-14-7-4-5-9-16(14)25/h6-7,9,11,13,17H,8,10,12,14-15H2,1-5H3,(H,28,36)(H,29,34);4-5,7,9,11,15H,6,8,10,12-13H2,1-3H3,(H,26,34)(H,27,31)(H,32,33)/t17-;15-/m11/s1. The van der Waals surface area contributed by atoms with Crippen molar-refractivity contribution in [3.05, 3.63) is 114 Å². The average Bonchev–Trinajstić information content (AvgIpc) is 3.85. The number of nitrogens with one attached hydrogen (secondary N) is 4. The highest BCUT2D eigenvalue weighted by Gasteiger charge is 2.31. The first kappa shape index (κ1) is 52.8. The fraction of sp³-hybridized carbons (Fsp3) is 0.440. The van der Waals surface area contributed by atoms with Gasteiger partial charge in [0.15, 0.2) is 0 Å². The van der Waals surface area contributed by atoms with Crippen molar-refractivity contribution in [2.75, 3.05) is 50.1 Å². The molecule has 22 heteroatoms. The molecule has 2 fully saturated rings. The number of carboxylic acid groups (broad SMARTS) is 1. The maximum atomic E-state index is 13.2. The van der Waals surface area contributed by atoms with Crippen molar-refractivity contribution in [2.45, 2.75) is 104 Å². The van der Waals surface area contributed by atoms with Crippen LogP contribution in [0.5, 0.6) is 0 Å². The zero-order valence-electron chi connectivity index (χ0n) is 41.6. The molecule has 384 valence electrons. The number of ether oxygens (including phenoxy) is 2. The number of carboxylic acids is 1. The zero-order chi connectivity index (χ0) is 52.2. The minimum atomic E-state index is -1.24. The van der Waals surface area contributed by atoms with Gasteiger partial charge < -0.3 is 59.0 Å². The number of imidazole rings is 2. The number of halogens is 2. The molecule has 2 aliphatic heterocycles. The van der Waals surface area contributed by atoms with E-state index in [1.54, 1.807) is 57.6 Å². The fourth-order valence-corrected chi connectivity index (χ4v) is 9.05. The Hall–Kier alpha value is -7.06. The van der Waals surface area contributed by atoms with Gasteiger partial charge in [-0.15, -0.1) is 0 Å². The van der Waals surface area contributed by atoms with Crippen LogP contribution in [0, 0.1) is 0 Å². The second kappa shape index (κ2) is 21.7. The van der Waals surface area contributed by atoms with E-state index in [9.17, 15) is 33.9 Å². The maximum Gasteiger partial charge on any atom is 0.407 e. The molecule has 72 heavy (non-hydrogen) atoms. The molecule has 20 nitrogen and oxygen atoms in total. The van der Waals surface area contributed by atoms with Gasteiger partial charge in [-0.05, 0) is 103 Å². The summed E-state index contributed by atoms with van der Waals surface area (Å²) in [6.07, 6.45) is 2.21. The van der Waals surface area contributed by atoms with Crippen LogP contribution in [-0.2, 0) is 22.6 Å². The van der Waals surface area contributed by atoms with Crippen molar-refractivity contribution in [1.29, 1.82) is 0 Å². The Morgan fingerprint density at radius 2 is 1.10 bits per heavy atom. The van der Waals surface area contributed by atoms with Crippen LogP contribution in [0.2, 0.25) is 10.0 Å². The van der Waals surface area contributed by atoms with Gasteiger partial charge in [0.1, 0.15) is 33.6 Å². The Morgan fingerprint density at radius 1 is 0.694 bits per heavy atom. The number of hydrogen-bond donors (Lipinski definition) is 5. The number of nitrogens with zero attached hydrogens (tertiary/aromatic N) is 7. The summed E-state index contributed by atoms with van der Waals surface area (Å²) in [7, 11) is 3.25. The molecular weight excluding hydrogens is 970 g/mol. The van der Waals surface area contributed by atoms with Crippen molar-refractivity contribution >= 4 is 81.2 Å². The van der Waals surface area contributed by atoms with Gasteiger partial charge >= 0.3 is 18.2 Å². The van der Waals surface area contributed by atoms with Gasteiger partial charge in [0, 0.05) is 62.4 Å². The molecule has 3 amide bonds. The summed E-state index contributed by atoms with van der Waals surface area (Å²) in [5, 5.41) is 16.4. The van der Waals surface area contributed by atoms with Gasteiger partial charge in [0.05, 0.1) is 24.1 Å². The van der Waals surface area contributed by atoms with E-state index in [2.05, 4.69) is 30.5 Å². The smallest absolute Gasteiger partial charge is 0.407 e. The lowest BCUT2D eigenvalue weighted by Crippen LogP contribution is -2.49. The number of aromatic nitrogens is 6. The van der Waals surface area contributed by atoms with E-state index in [1.807, 2.05) is 66.6 Å². The molecule has 2 aliphatic rings. The molecule has 2 saturated heterocycles. The van der Waals surface area contributed by atoms with E-state index in [1.165, 1.54) is 11.0 Å². The lowest BCUT2D eigenvalue weighted by atomic mass is 10.1. The topological polar surface area (TPSA) is 242 Å². The summed E-state index contributed by atoms with van der Waals surface area (Å²) in [5.41, 5.74) is 0.691. The molecule has 0 unspecified atom stereocenters. The van der Waals surface area contributed by atoms with Crippen LogP contribution < -0.4 is 31.6 Å². The molecule has 0 spiro atoms. The number of carbonyl (C=O) groups excluding carboxylic acids is 3. The number of piperidine rings is 2. The molecule has 0 radical (unpaired) electrons. The highest BCUT2D eigenvalue weighted by atomic mass is 35.5. The van der Waals surface area contributed by atoms with Crippen LogP contribution in [0.25, 0.3) is 22.1 Å². The third-order valence-corrected chi connectivity index (χ3v) is 12.5. The van der Waals surface area contributed by atoms with Crippen LogP contribution >= 0.6 is 23.2 Å². The van der Waals surface area contributed by atoms with Gasteiger partial charge in [-0.2, -0.15) is 0 Å². The van der Waals surface area contributed by atoms with Crippen LogP contribution in [-0.4, -0.2) is 127 Å². The number of aromatic carboxylic acids is 1. The molecular formula is C50H61Cl2N11O9. The summed E-state index contributed by atoms with van der Waals surface area (Å²) in [6, 6.07) is 17.4. The number of H-pyrrole nitrogens is 2. The number of alkyl carbamates (subject to hydrolysis) is 2. The fourth-order valence-electron chi connectivity index (χ4n) is 8.66. The molecule has 0 bridgehead atoms. The normalized spacial score (nSPS) is 16.2. The SMILES string of the molecule is CC(C)(C)OC(=O)N[C@@H]1CCCN(c2nc3cc(C(=O)O)[nH]c(=O)c3n2Cc2ccccc2Cl)C1.CN(C)C(=O)c1cc2nc(N3CCC[C@@H](NC(=O)OC(C)(C)C)C3)n(Cc3ccccc3Cl)c2c(=O)[nH]1. The van der Waals surface area contributed by atoms with Gasteiger partial charge in [0.2, 0.25) is 11.9 Å². The van der Waals surface area contributed by atoms with Crippen LogP contribution in [0.15, 0.2) is 70.3 Å². The van der Waals surface area contributed by atoms with Crippen molar-refractivity contribution in [3.8, 4) is 0 Å². The van der Waals surface area contributed by atoms with Crippen molar-refractivity contribution in [1.82, 2.24) is 44.6 Å². The molecule has 0 saturated carbocycles. The first-order chi connectivity index (χ1) is 33.9. The van der Waals surface area contributed by atoms with E-state index in [-0.39, 0.29) is 47.0 Å². The van der Waals surface area contributed by atoms with E-state index in [0.717, 1.165) is 36.8 Å². The molecule has 6 aromatic rings. The monoisotopic (exact) mass is 1030 g/mol. The molecule has 2 aromatic carbocycles. The predicted molar refractivity (Wildman–Crippen MR) is 276 cm³/mol. The Labute approximate surface area is 425 Å². The molecule has 0 aliphatic carbocycles. The molecule has 8 rings (SSSR count). The minimum absolute atomic E-state index is 0.152. The third-order valence-electron chi connectivity index (χ3n) is 11.7. The lowest BCUT2D eigenvalue weighted by molar-refractivity contribution is 0.0488. The Kier molecular flexibility index (Phi) is 15.9. The van der Waals surface area contributed by atoms with Crippen LogP contribution in [0.3, 0.4) is 0 Å². The summed E-state index contributed by atoms with van der Waals surface area (Å²) in [5.74, 6) is -0.485. The maximum absolute atomic E-state index is 13.2. The number of hydrogen-bond acceptors (Lipinski definition) is 12. The number of fused-ring (bicyclic) bond motifs is 2. The zero-order valence-corrected chi connectivity index (χ0v) is 43.1. The number of anilines is 2. The van der Waals surface area contributed by atoms with Crippen LogP contribution in [0.1, 0.15) is 99.3 Å². The molecule has 5 N–H and O–H groups in total. The first-order valence-corrected chi connectivity index (χ1v) is 24.4. The molecule has 6 heterocycles. The second-order valence-corrected chi connectivity index (χ2v) is 20.9.